The number of benzene rings is 2. The van der Waals surface area contributed by atoms with E-state index in [9.17, 15) is 4.79 Å². The molecule has 0 radical (unpaired) electrons. The van der Waals surface area contributed by atoms with Gasteiger partial charge in [-0.05, 0) is 54.9 Å². The summed E-state index contributed by atoms with van der Waals surface area (Å²) in [6.45, 7) is 10.2. The third-order valence-electron chi connectivity index (χ3n) is 5.17. The second kappa shape index (κ2) is 9.02. The van der Waals surface area contributed by atoms with Gasteiger partial charge >= 0.3 is 0 Å². The molecular formula is C22H29N3O2. The largest absolute Gasteiger partial charge is 0.380 e. The monoisotopic (exact) mass is 367 g/mol. The van der Waals surface area contributed by atoms with Crippen LogP contribution >= 0.6 is 0 Å². The molecule has 2 aromatic rings. The van der Waals surface area contributed by atoms with Crippen LogP contribution in [0.2, 0.25) is 0 Å². The molecule has 0 unspecified atom stereocenters. The molecule has 0 aliphatic carbocycles. The summed E-state index contributed by atoms with van der Waals surface area (Å²) in [6, 6.07) is 13.8. The van der Waals surface area contributed by atoms with E-state index in [-0.39, 0.29) is 5.91 Å². The van der Waals surface area contributed by atoms with Crippen LogP contribution in [0.3, 0.4) is 0 Å². The topological polar surface area (TPSA) is 44.8 Å². The molecule has 0 aromatic heterocycles. The molecule has 3 rings (SSSR count). The van der Waals surface area contributed by atoms with Crippen molar-refractivity contribution in [2.75, 3.05) is 50.1 Å². The molecular weight excluding hydrogens is 338 g/mol. The summed E-state index contributed by atoms with van der Waals surface area (Å²) >= 11 is 0. The van der Waals surface area contributed by atoms with Gasteiger partial charge in [0.25, 0.3) is 5.91 Å². The second-order valence-corrected chi connectivity index (χ2v) is 7.00. The van der Waals surface area contributed by atoms with Crippen molar-refractivity contribution in [3.63, 3.8) is 0 Å². The molecule has 0 spiro atoms. The van der Waals surface area contributed by atoms with Gasteiger partial charge in [-0.25, -0.2) is 0 Å². The molecule has 1 saturated heterocycles. The third-order valence-corrected chi connectivity index (χ3v) is 5.17. The number of ether oxygens (including phenoxy) is 1. The average Bonchev–Trinajstić information content (AvgIpc) is 2.70. The summed E-state index contributed by atoms with van der Waals surface area (Å²) in [4.78, 5) is 17.4. The second-order valence-electron chi connectivity index (χ2n) is 7.00. The van der Waals surface area contributed by atoms with Gasteiger partial charge in [0.05, 0.1) is 6.61 Å². The molecule has 2 aromatic carbocycles. The first kappa shape index (κ1) is 19.4. The van der Waals surface area contributed by atoms with Gasteiger partial charge in [0.2, 0.25) is 0 Å². The van der Waals surface area contributed by atoms with Crippen LogP contribution < -0.4 is 10.2 Å². The van der Waals surface area contributed by atoms with Crippen LogP contribution in [-0.4, -0.2) is 50.6 Å². The predicted molar refractivity (Wildman–Crippen MR) is 111 cm³/mol. The summed E-state index contributed by atoms with van der Waals surface area (Å²) in [6.07, 6.45) is 0. The lowest BCUT2D eigenvalue weighted by molar-refractivity contribution is 0.102. The standard InChI is InChI=1S/C22H29N3O2/c1-4-24-11-13-25(14-12-24)20-9-10-21(17(2)15-20)23-22(26)19-7-5-18(6-8-19)16-27-3/h5-10,15H,4,11-14,16H2,1-3H3,(H,23,26). The van der Waals surface area contributed by atoms with Gasteiger partial charge in [0.15, 0.2) is 0 Å². The number of carbonyl (C=O) groups is 1. The van der Waals surface area contributed by atoms with Crippen LogP contribution in [0, 0.1) is 6.92 Å². The van der Waals surface area contributed by atoms with Crippen molar-refractivity contribution in [2.24, 2.45) is 0 Å². The number of anilines is 2. The van der Waals surface area contributed by atoms with Crippen LogP contribution in [0.5, 0.6) is 0 Å². The number of nitrogens with zero attached hydrogens (tertiary/aromatic N) is 2. The minimum atomic E-state index is -0.0913. The lowest BCUT2D eigenvalue weighted by Gasteiger charge is -2.35. The van der Waals surface area contributed by atoms with E-state index >= 15 is 0 Å². The van der Waals surface area contributed by atoms with Gasteiger partial charge in [0, 0.05) is 50.2 Å². The highest BCUT2D eigenvalue weighted by Gasteiger charge is 2.16. The smallest absolute Gasteiger partial charge is 0.255 e. The van der Waals surface area contributed by atoms with Crippen molar-refractivity contribution in [1.82, 2.24) is 4.90 Å². The Hall–Kier alpha value is -2.37. The van der Waals surface area contributed by atoms with E-state index in [1.165, 1.54) is 5.69 Å². The molecule has 0 saturated carbocycles. The third kappa shape index (κ3) is 4.87. The zero-order valence-electron chi connectivity index (χ0n) is 16.5. The van der Waals surface area contributed by atoms with E-state index in [2.05, 4.69) is 34.2 Å². The molecule has 144 valence electrons. The number of rotatable bonds is 6. The Morgan fingerprint density at radius 2 is 1.78 bits per heavy atom. The average molecular weight is 367 g/mol. The zero-order valence-corrected chi connectivity index (χ0v) is 16.5. The van der Waals surface area contributed by atoms with Gasteiger partial charge in [-0.1, -0.05) is 19.1 Å². The summed E-state index contributed by atoms with van der Waals surface area (Å²) in [5.74, 6) is -0.0913. The quantitative estimate of drug-likeness (QED) is 0.848. The van der Waals surface area contributed by atoms with Gasteiger partial charge in [-0.15, -0.1) is 0 Å². The number of hydrogen-bond acceptors (Lipinski definition) is 4. The number of methoxy groups -OCH3 is 1. The molecule has 1 fully saturated rings. The van der Waals surface area contributed by atoms with Crippen molar-refractivity contribution in [3.8, 4) is 0 Å². The van der Waals surface area contributed by atoms with Gasteiger partial charge < -0.3 is 19.9 Å². The molecule has 1 amide bonds. The highest BCUT2D eigenvalue weighted by molar-refractivity contribution is 6.04. The SMILES string of the molecule is CCN1CCN(c2ccc(NC(=O)c3ccc(COC)cc3)c(C)c2)CC1. The van der Waals surface area contributed by atoms with E-state index in [0.717, 1.165) is 49.5 Å². The lowest BCUT2D eigenvalue weighted by Crippen LogP contribution is -2.46. The summed E-state index contributed by atoms with van der Waals surface area (Å²) in [5, 5.41) is 3.03. The van der Waals surface area contributed by atoms with E-state index in [4.69, 9.17) is 4.74 Å². The van der Waals surface area contributed by atoms with Crippen LogP contribution in [0.15, 0.2) is 42.5 Å². The number of carbonyl (C=O) groups excluding carboxylic acids is 1. The van der Waals surface area contributed by atoms with Gasteiger partial charge in [0.1, 0.15) is 0 Å². The Balaban J connectivity index is 1.64. The predicted octanol–water partition coefficient (Wildman–Crippen LogP) is 3.54. The first-order valence-corrected chi connectivity index (χ1v) is 9.58. The van der Waals surface area contributed by atoms with Crippen molar-refractivity contribution >= 4 is 17.3 Å². The molecule has 0 atom stereocenters. The number of amides is 1. The minimum absolute atomic E-state index is 0.0913. The van der Waals surface area contributed by atoms with Crippen molar-refractivity contribution in [3.05, 3.63) is 59.2 Å². The first-order chi connectivity index (χ1) is 13.1. The fourth-order valence-electron chi connectivity index (χ4n) is 3.42. The Kier molecular flexibility index (Phi) is 6.48. The highest BCUT2D eigenvalue weighted by atomic mass is 16.5. The summed E-state index contributed by atoms with van der Waals surface area (Å²) in [5.41, 5.74) is 4.86. The Morgan fingerprint density at radius 3 is 2.37 bits per heavy atom. The highest BCUT2D eigenvalue weighted by Crippen LogP contribution is 2.24. The van der Waals surface area contributed by atoms with Crippen molar-refractivity contribution in [1.29, 1.82) is 0 Å². The van der Waals surface area contributed by atoms with Gasteiger partial charge in [-0.2, -0.15) is 0 Å². The summed E-state index contributed by atoms with van der Waals surface area (Å²) < 4.78 is 5.11. The molecule has 5 nitrogen and oxygen atoms in total. The lowest BCUT2D eigenvalue weighted by atomic mass is 10.1. The Bertz CT molecular complexity index is 766. The van der Waals surface area contributed by atoms with E-state index in [0.29, 0.717) is 12.2 Å². The van der Waals surface area contributed by atoms with Crippen LogP contribution in [0.25, 0.3) is 0 Å². The summed E-state index contributed by atoms with van der Waals surface area (Å²) in [7, 11) is 1.66. The zero-order chi connectivity index (χ0) is 19.2. The maximum atomic E-state index is 12.5. The van der Waals surface area contributed by atoms with E-state index in [1.807, 2.05) is 37.3 Å². The molecule has 1 aliphatic heterocycles. The number of aryl methyl sites for hydroxylation is 1. The number of piperazine rings is 1. The van der Waals surface area contributed by atoms with E-state index in [1.54, 1.807) is 7.11 Å². The maximum Gasteiger partial charge on any atom is 0.255 e. The fourth-order valence-corrected chi connectivity index (χ4v) is 3.42. The van der Waals surface area contributed by atoms with E-state index < -0.39 is 0 Å². The Morgan fingerprint density at radius 1 is 1.07 bits per heavy atom. The van der Waals surface area contributed by atoms with Crippen molar-refractivity contribution in [2.45, 2.75) is 20.5 Å². The van der Waals surface area contributed by atoms with Crippen LogP contribution in [0.1, 0.15) is 28.4 Å². The van der Waals surface area contributed by atoms with Crippen molar-refractivity contribution < 1.29 is 9.53 Å². The maximum absolute atomic E-state index is 12.5. The normalized spacial score (nSPS) is 15.0. The molecule has 5 heteroatoms. The fraction of sp³-hybridized carbons (Fsp3) is 0.409. The molecule has 0 bridgehead atoms. The molecule has 1 heterocycles. The first-order valence-electron chi connectivity index (χ1n) is 9.58. The number of nitrogens with one attached hydrogen (secondary N) is 1. The molecule has 1 aliphatic rings. The van der Waals surface area contributed by atoms with Crippen LogP contribution in [0.4, 0.5) is 11.4 Å². The Labute approximate surface area is 161 Å². The molecule has 27 heavy (non-hydrogen) atoms. The minimum Gasteiger partial charge on any atom is -0.380 e. The van der Waals surface area contributed by atoms with Crippen LogP contribution in [-0.2, 0) is 11.3 Å². The van der Waals surface area contributed by atoms with Gasteiger partial charge in [-0.3, -0.25) is 4.79 Å². The molecule has 1 N–H and O–H groups in total. The number of hydrogen-bond donors (Lipinski definition) is 1. The number of likely N-dealkylation sites (N-methyl/N-ethyl adjacent to an activating group) is 1.